The maximum absolute atomic E-state index is 12.3. The Kier molecular flexibility index (Phi) is 3.88. The Bertz CT molecular complexity index is 613. The number of aromatic nitrogens is 2. The van der Waals surface area contributed by atoms with Crippen molar-refractivity contribution in [1.82, 2.24) is 14.9 Å². The van der Waals surface area contributed by atoms with Crippen LogP contribution in [-0.2, 0) is 0 Å². The topological polar surface area (TPSA) is 49.3 Å². The standard InChI is InChI=1S/C15H18N4OS/c1-11-10-12(2)17-15(16-11)19-7-5-18(6-8-19)14(20)13-4-3-9-21-13/h3-4,9-10H,5-8H2,1-2H3. The summed E-state index contributed by atoms with van der Waals surface area (Å²) in [4.78, 5) is 26.2. The number of thiophene rings is 1. The van der Waals surface area contributed by atoms with Crippen LogP contribution >= 0.6 is 11.3 Å². The summed E-state index contributed by atoms with van der Waals surface area (Å²) in [6, 6.07) is 5.77. The maximum Gasteiger partial charge on any atom is 0.264 e. The van der Waals surface area contributed by atoms with Crippen LogP contribution in [0.4, 0.5) is 5.95 Å². The highest BCUT2D eigenvalue weighted by molar-refractivity contribution is 7.12. The lowest BCUT2D eigenvalue weighted by atomic mass is 10.3. The highest BCUT2D eigenvalue weighted by Gasteiger charge is 2.24. The van der Waals surface area contributed by atoms with E-state index in [1.54, 1.807) is 0 Å². The first-order chi connectivity index (χ1) is 10.1. The lowest BCUT2D eigenvalue weighted by molar-refractivity contribution is 0.0751. The van der Waals surface area contributed by atoms with E-state index >= 15 is 0 Å². The minimum atomic E-state index is 0.131. The van der Waals surface area contributed by atoms with Gasteiger partial charge in [0.05, 0.1) is 4.88 Å². The average molecular weight is 302 g/mol. The highest BCUT2D eigenvalue weighted by atomic mass is 32.1. The minimum absolute atomic E-state index is 0.131. The number of rotatable bonds is 2. The molecule has 2 aromatic heterocycles. The number of hydrogen-bond donors (Lipinski definition) is 0. The van der Waals surface area contributed by atoms with E-state index in [1.165, 1.54) is 11.3 Å². The summed E-state index contributed by atoms with van der Waals surface area (Å²) in [5.74, 6) is 0.904. The number of nitrogens with zero attached hydrogens (tertiary/aromatic N) is 4. The SMILES string of the molecule is Cc1cc(C)nc(N2CCN(C(=O)c3cccs3)CC2)n1. The zero-order chi connectivity index (χ0) is 14.8. The van der Waals surface area contributed by atoms with Crippen molar-refractivity contribution in [2.45, 2.75) is 13.8 Å². The molecule has 1 aliphatic heterocycles. The van der Waals surface area contributed by atoms with Gasteiger partial charge in [0.1, 0.15) is 0 Å². The van der Waals surface area contributed by atoms with Gasteiger partial charge in [-0.25, -0.2) is 9.97 Å². The quantitative estimate of drug-likeness (QED) is 0.852. The second kappa shape index (κ2) is 5.81. The lowest BCUT2D eigenvalue weighted by Crippen LogP contribution is -2.49. The molecule has 0 saturated carbocycles. The molecule has 0 aliphatic carbocycles. The third kappa shape index (κ3) is 3.05. The molecule has 1 saturated heterocycles. The number of hydrogen-bond acceptors (Lipinski definition) is 5. The zero-order valence-corrected chi connectivity index (χ0v) is 13.1. The number of carbonyl (C=O) groups is 1. The molecule has 0 spiro atoms. The molecule has 1 aliphatic rings. The second-order valence-electron chi connectivity index (χ2n) is 5.21. The fourth-order valence-corrected chi connectivity index (χ4v) is 3.21. The number of anilines is 1. The monoisotopic (exact) mass is 302 g/mol. The van der Waals surface area contributed by atoms with Crippen molar-refractivity contribution in [1.29, 1.82) is 0 Å². The van der Waals surface area contributed by atoms with Crippen molar-refractivity contribution in [3.05, 3.63) is 39.8 Å². The molecule has 5 nitrogen and oxygen atoms in total. The number of carbonyl (C=O) groups excluding carboxylic acids is 1. The molecule has 1 amide bonds. The van der Waals surface area contributed by atoms with Crippen molar-refractivity contribution in [2.24, 2.45) is 0 Å². The van der Waals surface area contributed by atoms with Crippen molar-refractivity contribution >= 4 is 23.2 Å². The highest BCUT2D eigenvalue weighted by Crippen LogP contribution is 2.16. The van der Waals surface area contributed by atoms with Crippen molar-refractivity contribution < 1.29 is 4.79 Å². The van der Waals surface area contributed by atoms with Gasteiger partial charge in [-0.05, 0) is 31.4 Å². The van der Waals surface area contributed by atoms with Gasteiger partial charge in [-0.2, -0.15) is 0 Å². The van der Waals surface area contributed by atoms with E-state index in [0.29, 0.717) is 13.1 Å². The van der Waals surface area contributed by atoms with Gasteiger partial charge >= 0.3 is 0 Å². The molecule has 1 fully saturated rings. The Labute approximate surface area is 128 Å². The fourth-order valence-electron chi connectivity index (χ4n) is 2.51. The van der Waals surface area contributed by atoms with Crippen LogP contribution in [0.15, 0.2) is 23.6 Å². The third-order valence-corrected chi connectivity index (χ3v) is 4.41. The smallest absolute Gasteiger partial charge is 0.264 e. The van der Waals surface area contributed by atoms with Crippen LogP contribution in [0.25, 0.3) is 0 Å². The molecular formula is C15H18N4OS. The molecule has 0 aromatic carbocycles. The molecule has 110 valence electrons. The third-order valence-electron chi connectivity index (χ3n) is 3.55. The molecule has 0 unspecified atom stereocenters. The van der Waals surface area contributed by atoms with Gasteiger partial charge in [0.15, 0.2) is 0 Å². The zero-order valence-electron chi connectivity index (χ0n) is 12.2. The fraction of sp³-hybridized carbons (Fsp3) is 0.400. The molecule has 0 bridgehead atoms. The van der Waals surface area contributed by atoms with Gasteiger partial charge in [0, 0.05) is 37.6 Å². The summed E-state index contributed by atoms with van der Waals surface area (Å²) in [6.07, 6.45) is 0. The van der Waals surface area contributed by atoms with Crippen LogP contribution in [0.1, 0.15) is 21.1 Å². The summed E-state index contributed by atoms with van der Waals surface area (Å²) in [7, 11) is 0. The predicted molar refractivity (Wildman–Crippen MR) is 83.9 cm³/mol. The first-order valence-electron chi connectivity index (χ1n) is 7.03. The number of piperazine rings is 1. The van der Waals surface area contributed by atoms with E-state index in [0.717, 1.165) is 35.3 Å². The van der Waals surface area contributed by atoms with Crippen molar-refractivity contribution in [3.8, 4) is 0 Å². The molecule has 0 atom stereocenters. The van der Waals surface area contributed by atoms with Crippen LogP contribution in [0.3, 0.4) is 0 Å². The Hall–Kier alpha value is -1.95. The maximum atomic E-state index is 12.3. The predicted octanol–water partition coefficient (Wildman–Crippen LogP) is 2.12. The van der Waals surface area contributed by atoms with Gasteiger partial charge < -0.3 is 9.80 Å². The van der Waals surface area contributed by atoms with Gasteiger partial charge in [-0.15, -0.1) is 11.3 Å². The molecule has 2 aromatic rings. The first kappa shape index (κ1) is 14.0. The van der Waals surface area contributed by atoms with Crippen LogP contribution in [0.2, 0.25) is 0 Å². The van der Waals surface area contributed by atoms with E-state index in [2.05, 4.69) is 14.9 Å². The minimum Gasteiger partial charge on any atom is -0.337 e. The summed E-state index contributed by atoms with van der Waals surface area (Å²) >= 11 is 1.50. The van der Waals surface area contributed by atoms with E-state index in [4.69, 9.17) is 0 Å². The van der Waals surface area contributed by atoms with Crippen LogP contribution in [-0.4, -0.2) is 47.0 Å². The first-order valence-corrected chi connectivity index (χ1v) is 7.91. The second-order valence-corrected chi connectivity index (χ2v) is 6.15. The summed E-state index contributed by atoms with van der Waals surface area (Å²) < 4.78 is 0. The summed E-state index contributed by atoms with van der Waals surface area (Å²) in [5, 5.41) is 1.94. The van der Waals surface area contributed by atoms with Crippen molar-refractivity contribution in [2.75, 3.05) is 31.1 Å². The van der Waals surface area contributed by atoms with Crippen LogP contribution in [0, 0.1) is 13.8 Å². The van der Waals surface area contributed by atoms with E-state index in [-0.39, 0.29) is 5.91 Å². The van der Waals surface area contributed by atoms with Gasteiger partial charge in [0.25, 0.3) is 5.91 Å². The van der Waals surface area contributed by atoms with E-state index in [1.807, 2.05) is 42.3 Å². The Morgan fingerprint density at radius 3 is 2.38 bits per heavy atom. The van der Waals surface area contributed by atoms with E-state index < -0.39 is 0 Å². The molecular weight excluding hydrogens is 284 g/mol. The normalized spacial score (nSPS) is 15.3. The summed E-state index contributed by atoms with van der Waals surface area (Å²) in [5.41, 5.74) is 1.96. The van der Waals surface area contributed by atoms with Crippen molar-refractivity contribution in [3.63, 3.8) is 0 Å². The van der Waals surface area contributed by atoms with Gasteiger partial charge in [0.2, 0.25) is 5.95 Å². The van der Waals surface area contributed by atoms with Crippen LogP contribution in [0.5, 0.6) is 0 Å². The largest absolute Gasteiger partial charge is 0.337 e. The number of aryl methyl sites for hydroxylation is 2. The van der Waals surface area contributed by atoms with Gasteiger partial charge in [-0.3, -0.25) is 4.79 Å². The lowest BCUT2D eigenvalue weighted by Gasteiger charge is -2.34. The molecule has 0 N–H and O–H groups in total. The molecule has 0 radical (unpaired) electrons. The Morgan fingerprint density at radius 1 is 1.14 bits per heavy atom. The molecule has 21 heavy (non-hydrogen) atoms. The molecule has 6 heteroatoms. The van der Waals surface area contributed by atoms with Gasteiger partial charge in [-0.1, -0.05) is 6.07 Å². The Balaban J connectivity index is 1.66. The average Bonchev–Trinajstić information content (AvgIpc) is 3.00. The summed E-state index contributed by atoms with van der Waals surface area (Å²) in [6.45, 7) is 6.95. The van der Waals surface area contributed by atoms with E-state index in [9.17, 15) is 4.79 Å². The van der Waals surface area contributed by atoms with Crippen LogP contribution < -0.4 is 4.90 Å². The molecule has 3 rings (SSSR count). The number of amides is 1. The molecule has 3 heterocycles. The Morgan fingerprint density at radius 2 is 1.81 bits per heavy atom.